The maximum Gasteiger partial charge on any atom is 0.194 e. The standard InChI is InChI=1S/C13H11F3N2O/c14-10-3-8(4-11(15)13(10)16)5-18-12-6-17-2-1-9(12)7-19/h1-4,6,18-19H,5,7H2. The van der Waals surface area contributed by atoms with Crippen molar-refractivity contribution >= 4 is 5.69 Å². The van der Waals surface area contributed by atoms with Crippen LogP contribution in [0.5, 0.6) is 0 Å². The molecule has 0 unspecified atom stereocenters. The van der Waals surface area contributed by atoms with E-state index in [0.717, 1.165) is 12.1 Å². The number of hydrogen-bond acceptors (Lipinski definition) is 3. The molecule has 0 fully saturated rings. The van der Waals surface area contributed by atoms with Crippen LogP contribution in [0.2, 0.25) is 0 Å². The molecule has 3 nitrogen and oxygen atoms in total. The zero-order valence-electron chi connectivity index (χ0n) is 9.83. The average molecular weight is 268 g/mol. The lowest BCUT2D eigenvalue weighted by atomic mass is 10.2. The topological polar surface area (TPSA) is 45.2 Å². The fraction of sp³-hybridized carbons (Fsp3) is 0.154. The van der Waals surface area contributed by atoms with Crippen molar-refractivity contribution < 1.29 is 18.3 Å². The lowest BCUT2D eigenvalue weighted by Crippen LogP contribution is -2.05. The molecule has 2 rings (SSSR count). The van der Waals surface area contributed by atoms with Crippen LogP contribution in [0.3, 0.4) is 0 Å². The van der Waals surface area contributed by atoms with E-state index in [1.165, 1.54) is 12.4 Å². The Kier molecular flexibility index (Phi) is 4.01. The van der Waals surface area contributed by atoms with E-state index in [4.69, 9.17) is 5.11 Å². The molecule has 100 valence electrons. The molecule has 0 spiro atoms. The summed E-state index contributed by atoms with van der Waals surface area (Å²) >= 11 is 0. The quantitative estimate of drug-likeness (QED) is 0.838. The van der Waals surface area contributed by atoms with E-state index < -0.39 is 17.5 Å². The van der Waals surface area contributed by atoms with E-state index in [-0.39, 0.29) is 18.7 Å². The largest absolute Gasteiger partial charge is 0.392 e. The van der Waals surface area contributed by atoms with E-state index >= 15 is 0 Å². The van der Waals surface area contributed by atoms with E-state index in [0.29, 0.717) is 11.3 Å². The van der Waals surface area contributed by atoms with Crippen molar-refractivity contribution in [1.29, 1.82) is 0 Å². The Bertz CT molecular complexity index is 567. The number of aliphatic hydroxyl groups is 1. The van der Waals surface area contributed by atoms with Crippen LogP contribution in [0.25, 0.3) is 0 Å². The van der Waals surface area contributed by atoms with Crippen LogP contribution in [-0.2, 0) is 13.2 Å². The van der Waals surface area contributed by atoms with Gasteiger partial charge in [0.25, 0.3) is 0 Å². The van der Waals surface area contributed by atoms with Crippen LogP contribution in [0.15, 0.2) is 30.6 Å². The van der Waals surface area contributed by atoms with Crippen LogP contribution in [0.1, 0.15) is 11.1 Å². The van der Waals surface area contributed by atoms with Gasteiger partial charge in [0.2, 0.25) is 0 Å². The fourth-order valence-electron chi connectivity index (χ4n) is 1.63. The van der Waals surface area contributed by atoms with Crippen LogP contribution in [0, 0.1) is 17.5 Å². The van der Waals surface area contributed by atoms with Crippen molar-refractivity contribution in [3.63, 3.8) is 0 Å². The Hall–Kier alpha value is -2.08. The van der Waals surface area contributed by atoms with Crippen LogP contribution < -0.4 is 5.32 Å². The summed E-state index contributed by atoms with van der Waals surface area (Å²) in [5.74, 6) is -3.95. The molecule has 1 aromatic carbocycles. The Balaban J connectivity index is 2.15. The predicted molar refractivity (Wildman–Crippen MR) is 63.8 cm³/mol. The number of aromatic nitrogens is 1. The maximum absolute atomic E-state index is 13.0. The van der Waals surface area contributed by atoms with Crippen molar-refractivity contribution in [2.45, 2.75) is 13.2 Å². The van der Waals surface area contributed by atoms with Gasteiger partial charge < -0.3 is 10.4 Å². The second-order valence-electron chi connectivity index (χ2n) is 3.92. The molecule has 0 bridgehead atoms. The van der Waals surface area contributed by atoms with Gasteiger partial charge in [-0.2, -0.15) is 0 Å². The zero-order chi connectivity index (χ0) is 13.8. The lowest BCUT2D eigenvalue weighted by Gasteiger charge is -2.10. The average Bonchev–Trinajstić information content (AvgIpc) is 2.42. The molecular formula is C13H11F3N2O. The third-order valence-corrected chi connectivity index (χ3v) is 2.61. The van der Waals surface area contributed by atoms with Crippen LogP contribution in [-0.4, -0.2) is 10.1 Å². The number of pyridine rings is 1. The third-order valence-electron chi connectivity index (χ3n) is 2.61. The Labute approximate surface area is 107 Å². The summed E-state index contributed by atoms with van der Waals surface area (Å²) in [5, 5.41) is 12.0. The summed E-state index contributed by atoms with van der Waals surface area (Å²) in [7, 11) is 0. The van der Waals surface area contributed by atoms with Gasteiger partial charge in [0.15, 0.2) is 17.5 Å². The van der Waals surface area contributed by atoms with Gasteiger partial charge in [-0.25, -0.2) is 13.2 Å². The van der Waals surface area contributed by atoms with Crippen LogP contribution in [0.4, 0.5) is 18.9 Å². The number of benzene rings is 1. The summed E-state index contributed by atoms with van der Waals surface area (Å²) in [6, 6.07) is 3.45. The first-order chi connectivity index (χ1) is 9.11. The molecule has 0 saturated carbocycles. The first-order valence-electron chi connectivity index (χ1n) is 5.53. The monoisotopic (exact) mass is 268 g/mol. The fourth-order valence-corrected chi connectivity index (χ4v) is 1.63. The molecular weight excluding hydrogens is 257 g/mol. The van der Waals surface area contributed by atoms with Gasteiger partial charge >= 0.3 is 0 Å². The smallest absolute Gasteiger partial charge is 0.194 e. The molecule has 2 N–H and O–H groups in total. The summed E-state index contributed by atoms with van der Waals surface area (Å²) in [4.78, 5) is 3.87. The lowest BCUT2D eigenvalue weighted by molar-refractivity contribution is 0.282. The summed E-state index contributed by atoms with van der Waals surface area (Å²) in [5.41, 5.74) is 1.41. The maximum atomic E-state index is 13.0. The normalized spacial score (nSPS) is 10.5. The molecule has 0 aliphatic rings. The van der Waals surface area contributed by atoms with Crippen molar-refractivity contribution in [3.05, 3.63) is 59.2 Å². The van der Waals surface area contributed by atoms with Crippen molar-refractivity contribution in [2.24, 2.45) is 0 Å². The van der Waals surface area contributed by atoms with Crippen molar-refractivity contribution in [2.75, 3.05) is 5.32 Å². The van der Waals surface area contributed by atoms with Gasteiger partial charge in [-0.3, -0.25) is 4.98 Å². The molecule has 19 heavy (non-hydrogen) atoms. The van der Waals surface area contributed by atoms with E-state index in [1.807, 2.05) is 0 Å². The predicted octanol–water partition coefficient (Wildman–Crippen LogP) is 2.60. The minimum Gasteiger partial charge on any atom is -0.392 e. The van der Waals surface area contributed by atoms with Gasteiger partial charge in [-0.05, 0) is 23.8 Å². The third kappa shape index (κ3) is 3.03. The first-order valence-corrected chi connectivity index (χ1v) is 5.53. The molecule has 0 amide bonds. The molecule has 0 aliphatic heterocycles. The Morgan fingerprint density at radius 1 is 1.16 bits per heavy atom. The van der Waals surface area contributed by atoms with Gasteiger partial charge in [-0.1, -0.05) is 0 Å². The summed E-state index contributed by atoms with van der Waals surface area (Å²) in [6.45, 7) is -0.0934. The highest BCUT2D eigenvalue weighted by Gasteiger charge is 2.10. The number of halogens is 3. The number of nitrogens with zero attached hydrogens (tertiary/aromatic N) is 1. The SMILES string of the molecule is OCc1ccncc1NCc1cc(F)c(F)c(F)c1. The Morgan fingerprint density at radius 3 is 2.47 bits per heavy atom. The first kappa shape index (κ1) is 13.4. The summed E-state index contributed by atoms with van der Waals surface area (Å²) in [6.07, 6.45) is 3.01. The van der Waals surface area contributed by atoms with E-state index in [2.05, 4.69) is 10.3 Å². The minimum absolute atomic E-state index is 0.0901. The second kappa shape index (κ2) is 5.71. The van der Waals surface area contributed by atoms with E-state index in [9.17, 15) is 13.2 Å². The highest BCUT2D eigenvalue weighted by atomic mass is 19.2. The van der Waals surface area contributed by atoms with Crippen LogP contribution >= 0.6 is 0 Å². The molecule has 0 radical (unpaired) electrons. The highest BCUT2D eigenvalue weighted by molar-refractivity contribution is 5.48. The van der Waals surface area contributed by atoms with Gasteiger partial charge in [0, 0.05) is 18.3 Å². The molecule has 6 heteroatoms. The molecule has 2 aromatic rings. The Morgan fingerprint density at radius 2 is 1.84 bits per heavy atom. The molecule has 1 heterocycles. The minimum atomic E-state index is -1.49. The molecule has 1 aromatic heterocycles. The van der Waals surface area contributed by atoms with Gasteiger partial charge in [0.1, 0.15) is 0 Å². The molecule has 0 atom stereocenters. The number of aliphatic hydroxyl groups excluding tert-OH is 1. The van der Waals surface area contributed by atoms with Crippen molar-refractivity contribution in [3.8, 4) is 0 Å². The number of rotatable bonds is 4. The number of nitrogens with one attached hydrogen (secondary N) is 1. The highest BCUT2D eigenvalue weighted by Crippen LogP contribution is 2.17. The molecule has 0 saturated heterocycles. The summed E-state index contributed by atoms with van der Waals surface area (Å²) < 4.78 is 38.8. The van der Waals surface area contributed by atoms with Gasteiger partial charge in [-0.15, -0.1) is 0 Å². The number of hydrogen-bond donors (Lipinski definition) is 2. The van der Waals surface area contributed by atoms with Crippen molar-refractivity contribution in [1.82, 2.24) is 4.98 Å². The number of anilines is 1. The zero-order valence-corrected chi connectivity index (χ0v) is 9.83. The molecule has 0 aliphatic carbocycles. The van der Waals surface area contributed by atoms with Gasteiger partial charge in [0.05, 0.1) is 18.5 Å². The second-order valence-corrected chi connectivity index (χ2v) is 3.92. The van der Waals surface area contributed by atoms with E-state index in [1.54, 1.807) is 6.07 Å².